The average Bonchev–Trinajstić information content (AvgIpc) is 3.00. The van der Waals surface area contributed by atoms with Crippen LogP contribution in [0, 0.1) is 0 Å². The number of fused-ring (bicyclic) bond motifs is 1. The molecule has 3 saturated heterocycles. The summed E-state index contributed by atoms with van der Waals surface area (Å²) in [5.41, 5.74) is -0.661. The fraction of sp³-hybridized carbons (Fsp3) is 0.588. The van der Waals surface area contributed by atoms with Gasteiger partial charge in [0.2, 0.25) is 15.9 Å². The molecule has 1 aromatic heterocycles. The molecule has 0 aliphatic carbocycles. The van der Waals surface area contributed by atoms with Crippen molar-refractivity contribution in [1.29, 1.82) is 0 Å². The number of carbonyl (C=O) groups is 2. The molecule has 0 saturated carbocycles. The van der Waals surface area contributed by atoms with Crippen molar-refractivity contribution in [3.05, 3.63) is 30.1 Å². The molecule has 3 atom stereocenters. The van der Waals surface area contributed by atoms with Crippen molar-refractivity contribution in [2.45, 2.75) is 23.4 Å². The van der Waals surface area contributed by atoms with E-state index in [0.717, 1.165) is 0 Å². The number of nitrogens with zero attached hydrogens (tertiary/aromatic N) is 4. The van der Waals surface area contributed by atoms with E-state index < -0.39 is 20.9 Å². The quantitative estimate of drug-likeness (QED) is 0.663. The number of ether oxygens (including phenoxy) is 1. The van der Waals surface area contributed by atoms with Gasteiger partial charge in [-0.15, -0.1) is 0 Å². The number of hydrogen-bond donors (Lipinski definition) is 0. The summed E-state index contributed by atoms with van der Waals surface area (Å²) in [5, 5.41) is -0.730. The summed E-state index contributed by atoms with van der Waals surface area (Å²) in [7, 11) is -0.488. The van der Waals surface area contributed by atoms with Crippen LogP contribution in [-0.4, -0.2) is 96.6 Å². The monoisotopic (exact) mass is 394 g/mol. The maximum Gasteiger partial charge on any atom is 0.272 e. The van der Waals surface area contributed by atoms with Crippen LogP contribution in [0.4, 0.5) is 0 Å². The standard InChI is InChI=1S/C17H22N4O5S/c1-19(2)15(22)9-21-11-17-10-20(16(23)13-5-3-4-6-18-13)8-12(26-17)7-14(17)27(21,24)25/h3-6,12,14H,7-11H2,1-2H3/t12-,14+,17+/m1/s1. The lowest BCUT2D eigenvalue weighted by atomic mass is 9.99. The Kier molecular flexibility index (Phi) is 4.24. The van der Waals surface area contributed by atoms with E-state index >= 15 is 0 Å². The Labute approximate surface area is 157 Å². The molecule has 0 aromatic carbocycles. The minimum atomic E-state index is -3.66. The number of sulfonamides is 1. The number of pyridine rings is 1. The Morgan fingerprint density at radius 1 is 1.33 bits per heavy atom. The highest BCUT2D eigenvalue weighted by atomic mass is 32.2. The molecule has 4 rings (SSSR count). The van der Waals surface area contributed by atoms with Crippen molar-refractivity contribution in [2.75, 3.05) is 40.3 Å². The van der Waals surface area contributed by atoms with Crippen molar-refractivity contribution in [3.63, 3.8) is 0 Å². The Morgan fingerprint density at radius 3 is 2.78 bits per heavy atom. The van der Waals surface area contributed by atoms with E-state index in [0.29, 0.717) is 18.7 Å². The van der Waals surface area contributed by atoms with E-state index in [1.165, 1.54) is 9.21 Å². The summed E-state index contributed by atoms with van der Waals surface area (Å²) in [4.78, 5) is 31.9. The van der Waals surface area contributed by atoms with E-state index in [4.69, 9.17) is 4.74 Å². The number of aromatic nitrogens is 1. The maximum absolute atomic E-state index is 13.0. The van der Waals surface area contributed by atoms with E-state index in [1.54, 1.807) is 43.4 Å². The zero-order chi connectivity index (χ0) is 19.4. The third-order valence-electron chi connectivity index (χ3n) is 5.49. The summed E-state index contributed by atoms with van der Waals surface area (Å²) in [5.74, 6) is -0.520. The molecule has 4 heterocycles. The number of hydrogen-bond acceptors (Lipinski definition) is 6. The van der Waals surface area contributed by atoms with Gasteiger partial charge in [-0.1, -0.05) is 6.07 Å². The van der Waals surface area contributed by atoms with Gasteiger partial charge in [-0.2, -0.15) is 4.31 Å². The van der Waals surface area contributed by atoms with Gasteiger partial charge in [-0.25, -0.2) is 8.42 Å². The van der Waals surface area contributed by atoms with Crippen LogP contribution in [0.1, 0.15) is 16.9 Å². The third kappa shape index (κ3) is 2.91. The summed E-state index contributed by atoms with van der Waals surface area (Å²) < 4.78 is 33.2. The van der Waals surface area contributed by atoms with Gasteiger partial charge >= 0.3 is 0 Å². The number of amides is 2. The molecule has 1 spiro atoms. The highest BCUT2D eigenvalue weighted by Gasteiger charge is 2.65. The molecule has 0 N–H and O–H groups in total. The number of rotatable bonds is 3. The molecular weight excluding hydrogens is 372 g/mol. The molecule has 27 heavy (non-hydrogen) atoms. The van der Waals surface area contributed by atoms with Crippen LogP contribution in [0.2, 0.25) is 0 Å². The highest BCUT2D eigenvalue weighted by molar-refractivity contribution is 7.90. The molecule has 0 radical (unpaired) electrons. The summed E-state index contributed by atoms with van der Waals surface area (Å²) in [6.07, 6.45) is 1.57. The lowest BCUT2D eigenvalue weighted by molar-refractivity contribution is -0.130. The third-order valence-corrected chi connectivity index (χ3v) is 7.81. The normalized spacial score (nSPS) is 31.6. The molecule has 2 amide bonds. The molecule has 146 valence electrons. The average molecular weight is 394 g/mol. The molecule has 3 aliphatic heterocycles. The lowest BCUT2D eigenvalue weighted by Gasteiger charge is -2.39. The fourth-order valence-corrected chi connectivity index (χ4v) is 6.44. The van der Waals surface area contributed by atoms with Crippen LogP contribution in [0.3, 0.4) is 0 Å². The molecular formula is C17H22N4O5S. The van der Waals surface area contributed by atoms with Crippen molar-refractivity contribution in [2.24, 2.45) is 0 Å². The first-order valence-electron chi connectivity index (χ1n) is 8.80. The highest BCUT2D eigenvalue weighted by Crippen LogP contribution is 2.46. The second kappa shape index (κ2) is 6.25. The van der Waals surface area contributed by atoms with Gasteiger partial charge in [0.1, 0.15) is 16.5 Å². The molecule has 9 nitrogen and oxygen atoms in total. The molecule has 1 aromatic rings. The predicted molar refractivity (Wildman–Crippen MR) is 95.3 cm³/mol. The van der Waals surface area contributed by atoms with Crippen molar-refractivity contribution < 1.29 is 22.7 Å². The summed E-state index contributed by atoms with van der Waals surface area (Å²) >= 11 is 0. The zero-order valence-electron chi connectivity index (χ0n) is 15.2. The molecule has 10 heteroatoms. The number of likely N-dealkylation sites (N-methyl/N-ethyl adjacent to an activating group) is 1. The van der Waals surface area contributed by atoms with Crippen LogP contribution in [0.5, 0.6) is 0 Å². The summed E-state index contributed by atoms with van der Waals surface area (Å²) in [6.45, 7) is 0.396. The van der Waals surface area contributed by atoms with E-state index in [2.05, 4.69) is 4.98 Å². The van der Waals surface area contributed by atoms with Gasteiger partial charge in [0.25, 0.3) is 5.91 Å². The summed E-state index contributed by atoms with van der Waals surface area (Å²) in [6, 6.07) is 5.12. The SMILES string of the molecule is CN(C)C(=O)CN1C[C@@]23CN(C(=O)c4ccccn4)C[C@@H](C[C@@H]2S1(=O)=O)O3. The fourth-order valence-electron chi connectivity index (χ4n) is 4.19. The van der Waals surface area contributed by atoms with Gasteiger partial charge in [-0.3, -0.25) is 14.6 Å². The minimum Gasteiger partial charge on any atom is -0.365 e. The van der Waals surface area contributed by atoms with Crippen LogP contribution >= 0.6 is 0 Å². The first-order chi connectivity index (χ1) is 12.7. The van der Waals surface area contributed by atoms with Crippen LogP contribution < -0.4 is 0 Å². The minimum absolute atomic E-state index is 0.0854. The number of morpholine rings is 1. The van der Waals surface area contributed by atoms with Gasteiger partial charge in [0.05, 0.1) is 19.2 Å². The van der Waals surface area contributed by atoms with Gasteiger partial charge < -0.3 is 14.5 Å². The molecule has 0 unspecified atom stereocenters. The van der Waals surface area contributed by atoms with Crippen LogP contribution in [-0.2, 0) is 19.6 Å². The van der Waals surface area contributed by atoms with E-state index in [-0.39, 0.29) is 37.6 Å². The van der Waals surface area contributed by atoms with Crippen molar-refractivity contribution in [3.8, 4) is 0 Å². The van der Waals surface area contributed by atoms with Crippen molar-refractivity contribution >= 4 is 21.8 Å². The first kappa shape index (κ1) is 18.3. The first-order valence-corrected chi connectivity index (χ1v) is 10.3. The van der Waals surface area contributed by atoms with Crippen molar-refractivity contribution in [1.82, 2.24) is 19.1 Å². The topological polar surface area (TPSA) is 100 Å². The zero-order valence-corrected chi connectivity index (χ0v) is 16.1. The van der Waals surface area contributed by atoms with Gasteiger partial charge in [0.15, 0.2) is 0 Å². The number of likely N-dealkylation sites (tertiary alicyclic amines) is 1. The van der Waals surface area contributed by atoms with E-state index in [9.17, 15) is 18.0 Å². The Hall–Kier alpha value is -2.04. The Balaban J connectivity index is 1.59. The second-order valence-corrected chi connectivity index (χ2v) is 9.65. The van der Waals surface area contributed by atoms with Gasteiger partial charge in [-0.05, 0) is 18.6 Å². The van der Waals surface area contributed by atoms with E-state index in [1.807, 2.05) is 0 Å². The molecule has 2 bridgehead atoms. The molecule has 3 aliphatic rings. The predicted octanol–water partition coefficient (Wildman–Crippen LogP) is -0.833. The number of carbonyl (C=O) groups excluding carboxylic acids is 2. The maximum atomic E-state index is 13.0. The second-order valence-electron chi connectivity index (χ2n) is 7.53. The Bertz CT molecular complexity index is 875. The van der Waals surface area contributed by atoms with Crippen LogP contribution in [0.25, 0.3) is 0 Å². The van der Waals surface area contributed by atoms with Crippen LogP contribution in [0.15, 0.2) is 24.4 Å². The van der Waals surface area contributed by atoms with Gasteiger partial charge in [0, 0.05) is 33.4 Å². The lowest BCUT2D eigenvalue weighted by Crippen LogP contribution is -2.56. The largest absolute Gasteiger partial charge is 0.365 e. The Morgan fingerprint density at radius 2 is 2.11 bits per heavy atom. The smallest absolute Gasteiger partial charge is 0.272 e. The molecule has 3 fully saturated rings.